The number of carbonyl (C=O) groups is 1. The smallest absolute Gasteiger partial charge is 0.302 e. The molecule has 0 amide bonds. The molecule has 0 aromatic rings. The molecule has 0 saturated carbocycles. The Hall–Kier alpha value is -0.570. The fourth-order valence-electron chi connectivity index (χ4n) is 2.01. The standard InChI is InChI=1S/C12H22O3/c1-9(2)7-11-5-4-6-12(15-11)8-14-10(3)13/h9,11-12H,4-8H2,1-3H3. The highest BCUT2D eigenvalue weighted by Gasteiger charge is 2.23. The predicted octanol–water partition coefficient (Wildman–Crippen LogP) is 2.53. The average Bonchev–Trinajstić information content (AvgIpc) is 2.14. The van der Waals surface area contributed by atoms with Gasteiger partial charge in [-0.2, -0.15) is 0 Å². The summed E-state index contributed by atoms with van der Waals surface area (Å²) in [4.78, 5) is 10.7. The number of ether oxygens (including phenoxy) is 2. The van der Waals surface area contributed by atoms with E-state index in [-0.39, 0.29) is 12.1 Å². The average molecular weight is 214 g/mol. The van der Waals surface area contributed by atoms with Gasteiger partial charge in [-0.15, -0.1) is 0 Å². The minimum atomic E-state index is -0.218. The molecule has 1 rings (SSSR count). The Morgan fingerprint density at radius 2 is 2.07 bits per heavy atom. The van der Waals surface area contributed by atoms with E-state index >= 15 is 0 Å². The van der Waals surface area contributed by atoms with Gasteiger partial charge in [-0.25, -0.2) is 0 Å². The highest BCUT2D eigenvalue weighted by molar-refractivity contribution is 5.65. The minimum Gasteiger partial charge on any atom is -0.463 e. The van der Waals surface area contributed by atoms with Crippen molar-refractivity contribution in [3.05, 3.63) is 0 Å². The van der Waals surface area contributed by atoms with Crippen LogP contribution in [0.5, 0.6) is 0 Å². The normalized spacial score (nSPS) is 26.7. The van der Waals surface area contributed by atoms with Crippen molar-refractivity contribution in [3.63, 3.8) is 0 Å². The van der Waals surface area contributed by atoms with Gasteiger partial charge in [0.05, 0.1) is 12.2 Å². The van der Waals surface area contributed by atoms with Gasteiger partial charge in [0.15, 0.2) is 0 Å². The fourth-order valence-corrected chi connectivity index (χ4v) is 2.01. The van der Waals surface area contributed by atoms with Crippen molar-refractivity contribution < 1.29 is 14.3 Å². The van der Waals surface area contributed by atoms with Gasteiger partial charge in [-0.05, 0) is 31.6 Å². The summed E-state index contributed by atoms with van der Waals surface area (Å²) in [7, 11) is 0. The molecule has 2 atom stereocenters. The lowest BCUT2D eigenvalue weighted by Crippen LogP contribution is -2.32. The first-order chi connectivity index (χ1) is 7.08. The number of hydrogen-bond acceptors (Lipinski definition) is 3. The molecular formula is C12H22O3. The van der Waals surface area contributed by atoms with Crippen molar-refractivity contribution >= 4 is 5.97 Å². The van der Waals surface area contributed by atoms with Crippen molar-refractivity contribution in [2.75, 3.05) is 6.61 Å². The molecule has 1 fully saturated rings. The summed E-state index contributed by atoms with van der Waals surface area (Å²) in [6.07, 6.45) is 4.93. The third kappa shape index (κ3) is 5.17. The molecule has 3 nitrogen and oxygen atoms in total. The minimum absolute atomic E-state index is 0.117. The van der Waals surface area contributed by atoms with E-state index in [0.29, 0.717) is 18.6 Å². The molecule has 2 unspecified atom stereocenters. The van der Waals surface area contributed by atoms with Crippen LogP contribution < -0.4 is 0 Å². The molecule has 15 heavy (non-hydrogen) atoms. The lowest BCUT2D eigenvalue weighted by molar-refractivity contribution is -0.150. The molecule has 0 spiro atoms. The lowest BCUT2D eigenvalue weighted by Gasteiger charge is -2.30. The Morgan fingerprint density at radius 1 is 1.40 bits per heavy atom. The zero-order chi connectivity index (χ0) is 11.3. The highest BCUT2D eigenvalue weighted by atomic mass is 16.6. The second kappa shape index (κ2) is 6.11. The number of esters is 1. The highest BCUT2D eigenvalue weighted by Crippen LogP contribution is 2.23. The monoisotopic (exact) mass is 214 g/mol. The van der Waals surface area contributed by atoms with E-state index in [4.69, 9.17) is 9.47 Å². The molecule has 1 saturated heterocycles. The Balaban J connectivity index is 2.25. The zero-order valence-electron chi connectivity index (χ0n) is 9.99. The largest absolute Gasteiger partial charge is 0.463 e. The maximum absolute atomic E-state index is 10.7. The van der Waals surface area contributed by atoms with Gasteiger partial charge >= 0.3 is 5.97 Å². The van der Waals surface area contributed by atoms with Crippen LogP contribution >= 0.6 is 0 Å². The van der Waals surface area contributed by atoms with E-state index in [1.807, 2.05) is 0 Å². The van der Waals surface area contributed by atoms with E-state index in [1.165, 1.54) is 13.3 Å². The van der Waals surface area contributed by atoms with Crippen LogP contribution in [0.2, 0.25) is 0 Å². The summed E-state index contributed by atoms with van der Waals surface area (Å²) in [5.41, 5.74) is 0. The van der Waals surface area contributed by atoms with Crippen molar-refractivity contribution in [2.24, 2.45) is 5.92 Å². The number of hydrogen-bond donors (Lipinski definition) is 0. The number of carbonyl (C=O) groups excluding carboxylic acids is 1. The molecule has 0 aromatic heterocycles. The van der Waals surface area contributed by atoms with Gasteiger partial charge in [0.1, 0.15) is 6.61 Å². The molecule has 0 aliphatic carbocycles. The second-order valence-electron chi connectivity index (χ2n) is 4.74. The first-order valence-electron chi connectivity index (χ1n) is 5.86. The molecule has 1 heterocycles. The van der Waals surface area contributed by atoms with Crippen LogP contribution in [-0.4, -0.2) is 24.8 Å². The van der Waals surface area contributed by atoms with E-state index in [1.54, 1.807) is 0 Å². The van der Waals surface area contributed by atoms with Gasteiger partial charge in [0.2, 0.25) is 0 Å². The van der Waals surface area contributed by atoms with Crippen LogP contribution in [0.3, 0.4) is 0 Å². The molecule has 1 aliphatic rings. The summed E-state index contributed by atoms with van der Waals surface area (Å²) in [6, 6.07) is 0. The predicted molar refractivity (Wildman–Crippen MR) is 58.6 cm³/mol. The molecular weight excluding hydrogens is 192 g/mol. The van der Waals surface area contributed by atoms with Gasteiger partial charge < -0.3 is 9.47 Å². The van der Waals surface area contributed by atoms with Crippen molar-refractivity contribution in [2.45, 2.75) is 58.7 Å². The van der Waals surface area contributed by atoms with Gasteiger partial charge in [0.25, 0.3) is 0 Å². The van der Waals surface area contributed by atoms with E-state index in [0.717, 1.165) is 19.3 Å². The van der Waals surface area contributed by atoms with Crippen molar-refractivity contribution in [3.8, 4) is 0 Å². The molecule has 0 aromatic carbocycles. The van der Waals surface area contributed by atoms with Crippen LogP contribution in [0.4, 0.5) is 0 Å². The van der Waals surface area contributed by atoms with Crippen molar-refractivity contribution in [1.29, 1.82) is 0 Å². The molecule has 0 radical (unpaired) electrons. The van der Waals surface area contributed by atoms with E-state index in [2.05, 4.69) is 13.8 Å². The lowest BCUT2D eigenvalue weighted by atomic mass is 9.97. The Bertz CT molecular complexity index is 201. The Morgan fingerprint density at radius 3 is 2.67 bits per heavy atom. The maximum Gasteiger partial charge on any atom is 0.302 e. The quantitative estimate of drug-likeness (QED) is 0.675. The second-order valence-corrected chi connectivity index (χ2v) is 4.74. The molecule has 3 heteroatoms. The van der Waals surface area contributed by atoms with Gasteiger partial charge in [0, 0.05) is 6.92 Å². The first-order valence-corrected chi connectivity index (χ1v) is 5.86. The van der Waals surface area contributed by atoms with Crippen LogP contribution in [0, 0.1) is 5.92 Å². The maximum atomic E-state index is 10.7. The molecule has 0 N–H and O–H groups in total. The summed E-state index contributed by atoms with van der Waals surface area (Å²) >= 11 is 0. The third-order valence-electron chi connectivity index (χ3n) is 2.64. The van der Waals surface area contributed by atoms with Crippen molar-refractivity contribution in [1.82, 2.24) is 0 Å². The van der Waals surface area contributed by atoms with Gasteiger partial charge in [-0.1, -0.05) is 13.8 Å². The zero-order valence-corrected chi connectivity index (χ0v) is 9.99. The molecule has 88 valence electrons. The van der Waals surface area contributed by atoms with Crippen LogP contribution in [0.15, 0.2) is 0 Å². The number of rotatable bonds is 4. The van der Waals surface area contributed by atoms with E-state index < -0.39 is 0 Å². The van der Waals surface area contributed by atoms with E-state index in [9.17, 15) is 4.79 Å². The van der Waals surface area contributed by atoms with Gasteiger partial charge in [-0.3, -0.25) is 4.79 Å². The van der Waals surface area contributed by atoms with Crippen LogP contribution in [0.1, 0.15) is 46.5 Å². The molecule has 0 bridgehead atoms. The topological polar surface area (TPSA) is 35.5 Å². The fraction of sp³-hybridized carbons (Fsp3) is 0.917. The first kappa shape index (κ1) is 12.5. The summed E-state index contributed by atoms with van der Waals surface area (Å²) < 4.78 is 10.8. The summed E-state index contributed by atoms with van der Waals surface area (Å²) in [5.74, 6) is 0.451. The summed E-state index contributed by atoms with van der Waals surface area (Å²) in [5, 5.41) is 0. The van der Waals surface area contributed by atoms with Crippen LogP contribution in [0.25, 0.3) is 0 Å². The Kier molecular flexibility index (Phi) is 5.09. The third-order valence-corrected chi connectivity index (χ3v) is 2.64. The van der Waals surface area contributed by atoms with Crippen LogP contribution in [-0.2, 0) is 14.3 Å². The Labute approximate surface area is 92.1 Å². The SMILES string of the molecule is CC(=O)OCC1CCCC(CC(C)C)O1. The summed E-state index contributed by atoms with van der Waals surface area (Å²) in [6.45, 7) is 6.27. The molecule has 1 aliphatic heterocycles.